The average Bonchev–Trinajstić information content (AvgIpc) is 3.18. The number of rotatable bonds is 6. The summed E-state index contributed by atoms with van der Waals surface area (Å²) < 4.78 is 8.92. The molecule has 1 saturated carbocycles. The minimum Gasteiger partial charge on any atom is -0.492 e. The highest BCUT2D eigenvalue weighted by atomic mass is 79.9. The largest absolute Gasteiger partial charge is 0.492 e. The molecule has 0 amide bonds. The first-order chi connectivity index (χ1) is 9.72. The molecular formula is C16H19BrN2O. The maximum atomic E-state index is 6.20. The fraction of sp³-hybridized carbons (Fsp3) is 0.375. The van der Waals surface area contributed by atoms with Crippen molar-refractivity contribution in [1.82, 2.24) is 4.57 Å². The van der Waals surface area contributed by atoms with Crippen molar-refractivity contribution in [3.63, 3.8) is 0 Å². The van der Waals surface area contributed by atoms with Crippen LogP contribution >= 0.6 is 15.9 Å². The summed E-state index contributed by atoms with van der Waals surface area (Å²) in [5.41, 5.74) is 7.45. The quantitative estimate of drug-likeness (QED) is 0.874. The molecule has 1 fully saturated rings. The van der Waals surface area contributed by atoms with Crippen LogP contribution in [0.1, 0.15) is 24.4 Å². The maximum absolute atomic E-state index is 6.20. The lowest BCUT2D eigenvalue weighted by Crippen LogP contribution is -2.12. The molecule has 1 aliphatic rings. The Morgan fingerprint density at radius 3 is 2.95 bits per heavy atom. The van der Waals surface area contributed by atoms with Gasteiger partial charge in [-0.15, -0.1) is 0 Å². The van der Waals surface area contributed by atoms with Gasteiger partial charge in [0.25, 0.3) is 0 Å². The highest BCUT2D eigenvalue weighted by molar-refractivity contribution is 9.10. The molecule has 2 N–H and O–H groups in total. The van der Waals surface area contributed by atoms with Gasteiger partial charge in [-0.25, -0.2) is 0 Å². The zero-order valence-corrected chi connectivity index (χ0v) is 12.9. The van der Waals surface area contributed by atoms with Crippen molar-refractivity contribution in [2.24, 2.45) is 11.7 Å². The standard InChI is InChI=1S/C16H19BrN2O/c17-14-2-1-3-15(10-14)20-9-8-19-7-6-13(11-19)16(18)12-4-5-12/h1-3,6-7,10-12,16H,4-5,8-9,18H2. The lowest BCUT2D eigenvalue weighted by Gasteiger charge is -2.08. The molecule has 0 spiro atoms. The number of nitrogens with two attached hydrogens (primary N) is 1. The second-order valence-electron chi connectivity index (χ2n) is 5.35. The van der Waals surface area contributed by atoms with E-state index in [9.17, 15) is 0 Å². The van der Waals surface area contributed by atoms with Crippen molar-refractivity contribution < 1.29 is 4.74 Å². The molecule has 1 atom stereocenters. The van der Waals surface area contributed by atoms with E-state index in [2.05, 4.69) is 39.0 Å². The van der Waals surface area contributed by atoms with Gasteiger partial charge in [0.15, 0.2) is 0 Å². The molecule has 1 aliphatic carbocycles. The van der Waals surface area contributed by atoms with Crippen LogP contribution in [0.2, 0.25) is 0 Å². The normalized spacial score (nSPS) is 16.1. The third kappa shape index (κ3) is 3.44. The molecule has 1 heterocycles. The van der Waals surface area contributed by atoms with Crippen LogP contribution < -0.4 is 10.5 Å². The van der Waals surface area contributed by atoms with Crippen molar-refractivity contribution in [1.29, 1.82) is 0 Å². The van der Waals surface area contributed by atoms with Gasteiger partial charge in [0, 0.05) is 22.9 Å². The number of nitrogens with zero attached hydrogens (tertiary/aromatic N) is 1. The zero-order chi connectivity index (χ0) is 13.9. The molecule has 3 nitrogen and oxygen atoms in total. The monoisotopic (exact) mass is 334 g/mol. The zero-order valence-electron chi connectivity index (χ0n) is 11.3. The summed E-state index contributed by atoms with van der Waals surface area (Å²) in [4.78, 5) is 0. The third-order valence-electron chi connectivity index (χ3n) is 3.70. The maximum Gasteiger partial charge on any atom is 0.120 e. The Balaban J connectivity index is 1.51. The summed E-state index contributed by atoms with van der Waals surface area (Å²) in [5.74, 6) is 1.59. The van der Waals surface area contributed by atoms with Gasteiger partial charge < -0.3 is 15.0 Å². The first-order valence-electron chi connectivity index (χ1n) is 7.02. The molecule has 2 aromatic rings. The smallest absolute Gasteiger partial charge is 0.120 e. The Morgan fingerprint density at radius 1 is 1.35 bits per heavy atom. The topological polar surface area (TPSA) is 40.2 Å². The van der Waals surface area contributed by atoms with Crippen LogP contribution in [0.4, 0.5) is 0 Å². The minimum absolute atomic E-state index is 0.210. The molecule has 1 aromatic carbocycles. The fourth-order valence-corrected chi connectivity index (χ4v) is 2.73. The SMILES string of the molecule is NC(c1ccn(CCOc2cccc(Br)c2)c1)C1CC1. The number of halogens is 1. The Morgan fingerprint density at radius 2 is 2.20 bits per heavy atom. The molecule has 0 bridgehead atoms. The van der Waals surface area contributed by atoms with Crippen molar-refractivity contribution in [3.8, 4) is 5.75 Å². The molecule has 1 unspecified atom stereocenters. The van der Waals surface area contributed by atoms with E-state index in [1.54, 1.807) is 0 Å². The van der Waals surface area contributed by atoms with Gasteiger partial charge in [0.05, 0.1) is 6.54 Å². The molecular weight excluding hydrogens is 316 g/mol. The van der Waals surface area contributed by atoms with E-state index in [1.807, 2.05) is 24.3 Å². The lowest BCUT2D eigenvalue weighted by atomic mass is 10.1. The highest BCUT2D eigenvalue weighted by Gasteiger charge is 2.29. The van der Waals surface area contributed by atoms with Crippen LogP contribution in [-0.2, 0) is 6.54 Å². The van der Waals surface area contributed by atoms with Gasteiger partial charge >= 0.3 is 0 Å². The fourth-order valence-electron chi connectivity index (χ4n) is 2.35. The van der Waals surface area contributed by atoms with Crippen molar-refractivity contribution in [3.05, 3.63) is 52.8 Å². The van der Waals surface area contributed by atoms with Crippen LogP contribution in [-0.4, -0.2) is 11.2 Å². The van der Waals surface area contributed by atoms with Gasteiger partial charge in [-0.05, 0) is 48.6 Å². The van der Waals surface area contributed by atoms with E-state index in [0.717, 1.165) is 16.8 Å². The average molecular weight is 335 g/mol. The summed E-state index contributed by atoms with van der Waals surface area (Å²) in [6.45, 7) is 1.49. The van der Waals surface area contributed by atoms with Crippen LogP contribution in [0, 0.1) is 5.92 Å². The van der Waals surface area contributed by atoms with Crippen molar-refractivity contribution >= 4 is 15.9 Å². The minimum atomic E-state index is 0.210. The second-order valence-corrected chi connectivity index (χ2v) is 6.27. The molecule has 106 valence electrons. The Labute approximate surface area is 127 Å². The van der Waals surface area contributed by atoms with Gasteiger partial charge in [0.1, 0.15) is 12.4 Å². The summed E-state index contributed by atoms with van der Waals surface area (Å²) in [5, 5.41) is 0. The van der Waals surface area contributed by atoms with E-state index in [0.29, 0.717) is 12.5 Å². The highest BCUT2D eigenvalue weighted by Crippen LogP contribution is 2.39. The van der Waals surface area contributed by atoms with E-state index < -0.39 is 0 Å². The van der Waals surface area contributed by atoms with Gasteiger partial charge in [-0.2, -0.15) is 0 Å². The van der Waals surface area contributed by atoms with Gasteiger partial charge in [-0.3, -0.25) is 0 Å². The summed E-state index contributed by atoms with van der Waals surface area (Å²) in [6.07, 6.45) is 6.78. The van der Waals surface area contributed by atoms with Crippen LogP contribution in [0.5, 0.6) is 5.75 Å². The molecule has 0 radical (unpaired) electrons. The van der Waals surface area contributed by atoms with E-state index >= 15 is 0 Å². The molecule has 4 heteroatoms. The molecule has 3 rings (SSSR count). The number of ether oxygens (including phenoxy) is 1. The number of hydrogen-bond donors (Lipinski definition) is 1. The number of benzene rings is 1. The number of hydrogen-bond acceptors (Lipinski definition) is 2. The molecule has 0 aliphatic heterocycles. The Kier molecular flexibility index (Phi) is 4.13. The lowest BCUT2D eigenvalue weighted by molar-refractivity contribution is 0.298. The Bertz CT molecular complexity index is 577. The van der Waals surface area contributed by atoms with Crippen LogP contribution in [0.25, 0.3) is 0 Å². The molecule has 20 heavy (non-hydrogen) atoms. The summed E-state index contributed by atoms with van der Waals surface area (Å²) in [7, 11) is 0. The molecule has 1 aromatic heterocycles. The van der Waals surface area contributed by atoms with Gasteiger partial charge in [-0.1, -0.05) is 22.0 Å². The van der Waals surface area contributed by atoms with Crippen molar-refractivity contribution in [2.75, 3.05) is 6.61 Å². The molecule has 0 saturated heterocycles. The van der Waals surface area contributed by atoms with Crippen LogP contribution in [0.3, 0.4) is 0 Å². The van der Waals surface area contributed by atoms with Crippen LogP contribution in [0.15, 0.2) is 47.2 Å². The number of aromatic nitrogens is 1. The van der Waals surface area contributed by atoms with Gasteiger partial charge in [0.2, 0.25) is 0 Å². The first kappa shape index (κ1) is 13.7. The summed E-state index contributed by atoms with van der Waals surface area (Å²) >= 11 is 3.44. The predicted molar refractivity (Wildman–Crippen MR) is 83.7 cm³/mol. The Hall–Kier alpha value is -1.26. The van der Waals surface area contributed by atoms with E-state index in [1.165, 1.54) is 18.4 Å². The van der Waals surface area contributed by atoms with Crippen molar-refractivity contribution in [2.45, 2.75) is 25.4 Å². The third-order valence-corrected chi connectivity index (χ3v) is 4.20. The summed E-state index contributed by atoms with van der Waals surface area (Å²) in [6, 6.07) is 10.2. The predicted octanol–water partition coefficient (Wildman–Crippen LogP) is 3.74. The van der Waals surface area contributed by atoms with E-state index in [-0.39, 0.29) is 6.04 Å². The second kappa shape index (κ2) is 6.02. The first-order valence-corrected chi connectivity index (χ1v) is 7.81. The van der Waals surface area contributed by atoms with E-state index in [4.69, 9.17) is 10.5 Å².